The number of hydrogen-bond acceptors (Lipinski definition) is 6. The first-order valence-electron chi connectivity index (χ1n) is 6.41. The Bertz CT molecular complexity index is 553. The van der Waals surface area contributed by atoms with Crippen molar-refractivity contribution < 1.29 is 0 Å². The Kier molecular flexibility index (Phi) is 4.87. The third kappa shape index (κ3) is 3.30. The highest BCUT2D eigenvalue weighted by Gasteiger charge is 2.12. The van der Waals surface area contributed by atoms with Crippen molar-refractivity contribution in [2.75, 3.05) is 29.7 Å². The molecule has 2 heterocycles. The van der Waals surface area contributed by atoms with E-state index in [1.54, 1.807) is 11.3 Å². The molecule has 0 aliphatic rings. The first-order valence-corrected chi connectivity index (χ1v) is 8.62. The predicted molar refractivity (Wildman–Crippen MR) is 87.8 cm³/mol. The van der Waals surface area contributed by atoms with Crippen LogP contribution in [0.15, 0.2) is 6.07 Å². The first kappa shape index (κ1) is 14.4. The zero-order valence-electron chi connectivity index (χ0n) is 11.8. The smallest absolute Gasteiger partial charge is 0.225 e. The summed E-state index contributed by atoms with van der Waals surface area (Å²) in [5.74, 6) is 2.67. The molecule has 1 atom stereocenters. The minimum absolute atomic E-state index is 0.391. The van der Waals surface area contributed by atoms with Gasteiger partial charge in [-0.1, -0.05) is 6.92 Å². The molecule has 19 heavy (non-hydrogen) atoms. The van der Waals surface area contributed by atoms with Crippen LogP contribution in [0.2, 0.25) is 0 Å². The van der Waals surface area contributed by atoms with Crippen LogP contribution < -0.4 is 10.6 Å². The van der Waals surface area contributed by atoms with Crippen molar-refractivity contribution in [3.05, 3.63) is 10.9 Å². The molecule has 0 saturated carbocycles. The van der Waals surface area contributed by atoms with Crippen molar-refractivity contribution in [3.8, 4) is 0 Å². The Morgan fingerprint density at radius 1 is 1.42 bits per heavy atom. The fourth-order valence-corrected chi connectivity index (χ4v) is 3.44. The van der Waals surface area contributed by atoms with Crippen molar-refractivity contribution in [2.45, 2.75) is 26.3 Å². The van der Waals surface area contributed by atoms with Gasteiger partial charge in [0.25, 0.3) is 0 Å². The molecular formula is C13H20N4S2. The van der Waals surface area contributed by atoms with E-state index in [1.807, 2.05) is 18.8 Å². The molecule has 2 aromatic rings. The summed E-state index contributed by atoms with van der Waals surface area (Å²) in [6.07, 6.45) is 3.16. The third-order valence-electron chi connectivity index (χ3n) is 2.82. The summed E-state index contributed by atoms with van der Waals surface area (Å²) in [6, 6.07) is 2.59. The topological polar surface area (TPSA) is 49.8 Å². The van der Waals surface area contributed by atoms with Gasteiger partial charge in [-0.05, 0) is 25.7 Å². The summed E-state index contributed by atoms with van der Waals surface area (Å²) in [5.41, 5.74) is 0. The molecule has 1 unspecified atom stereocenters. The lowest BCUT2D eigenvalue weighted by molar-refractivity contribution is 0.905. The zero-order chi connectivity index (χ0) is 13.8. The standard InChI is InChI=1S/C13H20N4S2/c1-5-9-6-10-11(15-8(2)7-18-4)16-13(14-3)17-12(10)19-9/h6,8H,5,7H2,1-4H3,(H2,14,15,16,17). The Hall–Kier alpha value is -1.01. The van der Waals surface area contributed by atoms with Gasteiger partial charge < -0.3 is 10.6 Å². The monoisotopic (exact) mass is 296 g/mol. The number of nitrogens with zero attached hydrogens (tertiary/aromatic N) is 2. The molecule has 2 N–H and O–H groups in total. The van der Waals surface area contributed by atoms with Gasteiger partial charge in [-0.15, -0.1) is 11.3 Å². The van der Waals surface area contributed by atoms with Crippen LogP contribution in [0.25, 0.3) is 10.2 Å². The molecule has 2 rings (SSSR count). The van der Waals surface area contributed by atoms with Gasteiger partial charge in [-0.3, -0.25) is 0 Å². The molecule has 0 aliphatic heterocycles. The SMILES string of the molecule is CCc1cc2c(NC(C)CSC)nc(NC)nc2s1. The van der Waals surface area contributed by atoms with E-state index < -0.39 is 0 Å². The van der Waals surface area contributed by atoms with Crippen LogP contribution in [0.3, 0.4) is 0 Å². The van der Waals surface area contributed by atoms with Crippen LogP contribution in [0, 0.1) is 0 Å². The number of thioether (sulfide) groups is 1. The van der Waals surface area contributed by atoms with Gasteiger partial charge >= 0.3 is 0 Å². The summed E-state index contributed by atoms with van der Waals surface area (Å²) < 4.78 is 0. The Labute approximate surface area is 122 Å². The highest BCUT2D eigenvalue weighted by atomic mass is 32.2. The van der Waals surface area contributed by atoms with E-state index in [0.717, 1.165) is 28.2 Å². The number of aryl methyl sites for hydroxylation is 1. The third-order valence-corrected chi connectivity index (χ3v) is 4.82. The van der Waals surface area contributed by atoms with Gasteiger partial charge in [0, 0.05) is 23.7 Å². The number of nitrogens with one attached hydrogen (secondary N) is 2. The molecule has 0 aliphatic carbocycles. The minimum Gasteiger partial charge on any atom is -0.366 e. The average Bonchev–Trinajstić information content (AvgIpc) is 2.82. The molecule has 0 spiro atoms. The van der Waals surface area contributed by atoms with E-state index in [2.05, 4.69) is 46.8 Å². The molecule has 2 aromatic heterocycles. The highest BCUT2D eigenvalue weighted by molar-refractivity contribution is 7.98. The van der Waals surface area contributed by atoms with E-state index in [1.165, 1.54) is 4.88 Å². The maximum absolute atomic E-state index is 4.55. The van der Waals surface area contributed by atoms with Crippen LogP contribution >= 0.6 is 23.1 Å². The van der Waals surface area contributed by atoms with E-state index >= 15 is 0 Å². The average molecular weight is 296 g/mol. The number of hydrogen-bond donors (Lipinski definition) is 2. The molecular weight excluding hydrogens is 276 g/mol. The van der Waals surface area contributed by atoms with Crippen LogP contribution in [-0.2, 0) is 6.42 Å². The van der Waals surface area contributed by atoms with E-state index in [-0.39, 0.29) is 0 Å². The van der Waals surface area contributed by atoms with E-state index in [0.29, 0.717) is 12.0 Å². The summed E-state index contributed by atoms with van der Waals surface area (Å²) in [4.78, 5) is 11.5. The molecule has 104 valence electrons. The first-order chi connectivity index (χ1) is 9.17. The van der Waals surface area contributed by atoms with Crippen LogP contribution in [0.4, 0.5) is 11.8 Å². The Morgan fingerprint density at radius 3 is 2.84 bits per heavy atom. The Balaban J connectivity index is 2.41. The van der Waals surface area contributed by atoms with Crippen molar-refractivity contribution in [2.24, 2.45) is 0 Å². The molecule has 6 heteroatoms. The second-order valence-electron chi connectivity index (χ2n) is 4.43. The normalized spacial score (nSPS) is 12.6. The second kappa shape index (κ2) is 6.43. The minimum atomic E-state index is 0.391. The lowest BCUT2D eigenvalue weighted by atomic mass is 10.3. The van der Waals surface area contributed by atoms with Crippen LogP contribution in [0.1, 0.15) is 18.7 Å². The fraction of sp³-hybridized carbons (Fsp3) is 0.538. The van der Waals surface area contributed by atoms with Crippen LogP contribution in [0.5, 0.6) is 0 Å². The number of thiophene rings is 1. The van der Waals surface area contributed by atoms with E-state index in [9.17, 15) is 0 Å². The highest BCUT2D eigenvalue weighted by Crippen LogP contribution is 2.30. The maximum Gasteiger partial charge on any atom is 0.225 e. The number of fused-ring (bicyclic) bond motifs is 1. The van der Waals surface area contributed by atoms with Gasteiger partial charge in [-0.25, -0.2) is 4.98 Å². The van der Waals surface area contributed by atoms with Gasteiger partial charge in [-0.2, -0.15) is 16.7 Å². The molecule has 0 radical (unpaired) electrons. The molecule has 0 aromatic carbocycles. The molecule has 4 nitrogen and oxygen atoms in total. The summed E-state index contributed by atoms with van der Waals surface area (Å²) in [7, 11) is 1.85. The maximum atomic E-state index is 4.55. The van der Waals surface area contributed by atoms with Gasteiger partial charge in [0.05, 0.1) is 5.39 Å². The molecule has 0 fully saturated rings. The van der Waals surface area contributed by atoms with Crippen molar-refractivity contribution >= 4 is 45.1 Å². The lowest BCUT2D eigenvalue weighted by Gasteiger charge is -2.14. The summed E-state index contributed by atoms with van der Waals surface area (Å²) in [5, 5.41) is 7.66. The van der Waals surface area contributed by atoms with Crippen LogP contribution in [-0.4, -0.2) is 35.1 Å². The number of aromatic nitrogens is 2. The fourth-order valence-electron chi connectivity index (χ4n) is 1.89. The second-order valence-corrected chi connectivity index (χ2v) is 6.46. The zero-order valence-corrected chi connectivity index (χ0v) is 13.4. The van der Waals surface area contributed by atoms with Crippen molar-refractivity contribution in [3.63, 3.8) is 0 Å². The lowest BCUT2D eigenvalue weighted by Crippen LogP contribution is -2.19. The Morgan fingerprint density at radius 2 is 2.21 bits per heavy atom. The molecule has 0 saturated heterocycles. The van der Waals surface area contributed by atoms with Gasteiger partial charge in [0.15, 0.2) is 0 Å². The van der Waals surface area contributed by atoms with Gasteiger partial charge in [0.1, 0.15) is 10.6 Å². The largest absolute Gasteiger partial charge is 0.366 e. The van der Waals surface area contributed by atoms with Gasteiger partial charge in [0.2, 0.25) is 5.95 Å². The summed E-state index contributed by atoms with van der Waals surface area (Å²) in [6.45, 7) is 4.34. The number of anilines is 2. The van der Waals surface area contributed by atoms with E-state index in [4.69, 9.17) is 0 Å². The van der Waals surface area contributed by atoms with Crippen molar-refractivity contribution in [1.29, 1.82) is 0 Å². The summed E-state index contributed by atoms with van der Waals surface area (Å²) >= 11 is 3.58. The molecule has 0 amide bonds. The predicted octanol–water partition coefficient (Wildman–Crippen LogP) is 3.46. The quantitative estimate of drug-likeness (QED) is 0.855. The number of rotatable bonds is 6. The van der Waals surface area contributed by atoms with Crippen molar-refractivity contribution in [1.82, 2.24) is 9.97 Å². The molecule has 0 bridgehead atoms.